The average Bonchev–Trinajstić information content (AvgIpc) is 3.35. The van der Waals surface area contributed by atoms with E-state index in [0.29, 0.717) is 34.9 Å². The molecule has 0 amide bonds. The predicted molar refractivity (Wildman–Crippen MR) is 117 cm³/mol. The molecule has 4 aliphatic carbocycles. The molecule has 2 N–H and O–H groups in total. The van der Waals surface area contributed by atoms with Crippen molar-refractivity contribution in [3.05, 3.63) is 0 Å². The Labute approximate surface area is 181 Å². The third kappa shape index (κ3) is 3.26. The smallest absolute Gasteiger partial charge is 0.141 e. The van der Waals surface area contributed by atoms with Crippen LogP contribution < -0.4 is 5.32 Å². The Balaban J connectivity index is 1.38. The minimum absolute atomic E-state index is 0.0709. The summed E-state index contributed by atoms with van der Waals surface area (Å²) >= 11 is 0. The molecule has 4 saturated carbocycles. The molecule has 168 valence electrons. The van der Waals surface area contributed by atoms with Gasteiger partial charge in [0.1, 0.15) is 11.9 Å². The molecule has 0 spiro atoms. The van der Waals surface area contributed by atoms with Crippen LogP contribution in [0.3, 0.4) is 0 Å². The number of Topliss-reactive ketones (excluding diaryl/α,β-unsaturated/α-hetero) is 1. The third-order valence-electron chi connectivity index (χ3n) is 10.2. The normalized spacial score (nSPS) is 49.6. The van der Waals surface area contributed by atoms with Crippen LogP contribution in [-0.4, -0.2) is 42.4 Å². The highest BCUT2D eigenvalue weighted by Gasteiger charge is 2.61. The van der Waals surface area contributed by atoms with Gasteiger partial charge in [-0.15, -0.1) is 0 Å². The van der Waals surface area contributed by atoms with E-state index in [-0.39, 0.29) is 18.1 Å². The largest absolute Gasteiger partial charge is 0.396 e. The highest BCUT2D eigenvalue weighted by atomic mass is 16.6. The van der Waals surface area contributed by atoms with E-state index in [1.807, 2.05) is 0 Å². The molecule has 5 rings (SSSR count). The number of oxime groups is 1. The molecule has 0 bridgehead atoms. The van der Waals surface area contributed by atoms with Gasteiger partial charge in [-0.2, -0.15) is 0 Å². The molecule has 8 atom stereocenters. The fourth-order valence-electron chi connectivity index (χ4n) is 8.51. The van der Waals surface area contributed by atoms with Crippen molar-refractivity contribution in [3.63, 3.8) is 0 Å². The van der Waals surface area contributed by atoms with E-state index in [2.05, 4.69) is 24.3 Å². The van der Waals surface area contributed by atoms with E-state index >= 15 is 0 Å². The van der Waals surface area contributed by atoms with Crippen molar-refractivity contribution in [2.24, 2.45) is 45.6 Å². The molecule has 0 aromatic heterocycles. The first kappa shape index (κ1) is 20.9. The van der Waals surface area contributed by atoms with Gasteiger partial charge in [0, 0.05) is 31.4 Å². The van der Waals surface area contributed by atoms with Gasteiger partial charge >= 0.3 is 0 Å². The van der Waals surface area contributed by atoms with E-state index in [9.17, 15) is 9.90 Å². The maximum absolute atomic E-state index is 12.7. The maximum atomic E-state index is 12.7. The lowest BCUT2D eigenvalue weighted by atomic mass is 9.43. The second kappa shape index (κ2) is 7.88. The van der Waals surface area contributed by atoms with Crippen molar-refractivity contribution >= 4 is 11.5 Å². The van der Waals surface area contributed by atoms with Gasteiger partial charge in [-0.3, -0.25) is 4.79 Å². The van der Waals surface area contributed by atoms with Crippen molar-refractivity contribution in [3.8, 4) is 0 Å². The van der Waals surface area contributed by atoms with Crippen LogP contribution in [0.1, 0.15) is 78.1 Å². The Kier molecular flexibility index (Phi) is 5.50. The zero-order valence-electron chi connectivity index (χ0n) is 18.9. The molecule has 30 heavy (non-hydrogen) atoms. The number of carbonyl (C=O) groups is 1. The van der Waals surface area contributed by atoms with Gasteiger partial charge in [-0.25, -0.2) is 0 Å². The predicted octanol–water partition coefficient (Wildman–Crippen LogP) is 3.94. The molecule has 1 unspecified atom stereocenters. The highest BCUT2D eigenvalue weighted by Crippen LogP contribution is 2.66. The van der Waals surface area contributed by atoms with Crippen molar-refractivity contribution in [1.82, 2.24) is 5.32 Å². The summed E-state index contributed by atoms with van der Waals surface area (Å²) in [5, 5.41) is 17.8. The number of ketones is 1. The summed E-state index contributed by atoms with van der Waals surface area (Å²) in [4.78, 5) is 18.6. The summed E-state index contributed by atoms with van der Waals surface area (Å²) in [6.07, 6.45) is 10.8. The Morgan fingerprint density at radius 3 is 2.77 bits per heavy atom. The quantitative estimate of drug-likeness (QED) is 0.681. The van der Waals surface area contributed by atoms with Crippen LogP contribution in [0, 0.1) is 40.4 Å². The molecule has 0 aromatic carbocycles. The van der Waals surface area contributed by atoms with Crippen molar-refractivity contribution in [1.29, 1.82) is 0 Å². The summed E-state index contributed by atoms with van der Waals surface area (Å²) in [5.74, 6) is 3.60. The standard InChI is InChI=1S/C25H40N2O3/c1-24-9-5-17(27-30-18-7-11-26-15-18)14-22(24)16(8-12-28)13-19-20-3-4-23(29)25(20,2)10-6-21(19)24/h16,18-22,26,28H,3-15H2,1-2H3/t16-,18+,19-,20-,21-,22?,24+,25-/m0/s1. The maximum Gasteiger partial charge on any atom is 0.141 e. The molecular weight excluding hydrogens is 376 g/mol. The second-order valence-electron chi connectivity index (χ2n) is 11.5. The van der Waals surface area contributed by atoms with Gasteiger partial charge in [0.05, 0.1) is 5.71 Å². The molecule has 5 fully saturated rings. The van der Waals surface area contributed by atoms with Crippen LogP contribution in [0.15, 0.2) is 5.16 Å². The fraction of sp³-hybridized carbons (Fsp3) is 0.920. The molecule has 5 aliphatic rings. The number of nitrogens with zero attached hydrogens (tertiary/aromatic N) is 1. The van der Waals surface area contributed by atoms with E-state index in [0.717, 1.165) is 64.0 Å². The molecule has 5 nitrogen and oxygen atoms in total. The van der Waals surface area contributed by atoms with Crippen LogP contribution in [0.25, 0.3) is 0 Å². The van der Waals surface area contributed by atoms with Gasteiger partial charge in [0.25, 0.3) is 0 Å². The number of aliphatic hydroxyl groups is 1. The first-order valence-electron chi connectivity index (χ1n) is 12.5. The van der Waals surface area contributed by atoms with Crippen LogP contribution in [0.4, 0.5) is 0 Å². The third-order valence-corrected chi connectivity index (χ3v) is 10.2. The average molecular weight is 417 g/mol. The number of carbonyl (C=O) groups excluding carboxylic acids is 1. The first-order valence-corrected chi connectivity index (χ1v) is 12.5. The second-order valence-corrected chi connectivity index (χ2v) is 11.5. The van der Waals surface area contributed by atoms with Crippen LogP contribution in [0.2, 0.25) is 0 Å². The minimum Gasteiger partial charge on any atom is -0.396 e. The number of hydrogen-bond donors (Lipinski definition) is 2. The van der Waals surface area contributed by atoms with Crippen LogP contribution in [0.5, 0.6) is 0 Å². The van der Waals surface area contributed by atoms with E-state index in [1.54, 1.807) is 0 Å². The Bertz CT molecular complexity index is 703. The Hall–Kier alpha value is -0.940. The van der Waals surface area contributed by atoms with Crippen molar-refractivity contribution in [2.75, 3.05) is 19.7 Å². The van der Waals surface area contributed by atoms with Gasteiger partial charge in [0.15, 0.2) is 0 Å². The summed E-state index contributed by atoms with van der Waals surface area (Å²) < 4.78 is 0. The van der Waals surface area contributed by atoms with E-state index in [1.165, 1.54) is 25.0 Å². The van der Waals surface area contributed by atoms with Gasteiger partial charge in [0.2, 0.25) is 0 Å². The van der Waals surface area contributed by atoms with E-state index < -0.39 is 0 Å². The zero-order chi connectivity index (χ0) is 20.9. The van der Waals surface area contributed by atoms with Crippen LogP contribution in [-0.2, 0) is 9.63 Å². The Morgan fingerprint density at radius 2 is 2.00 bits per heavy atom. The molecule has 5 heteroatoms. The number of rotatable bonds is 4. The van der Waals surface area contributed by atoms with Gasteiger partial charge in [-0.05, 0) is 92.9 Å². The van der Waals surface area contributed by atoms with Crippen molar-refractivity contribution in [2.45, 2.75) is 84.2 Å². The minimum atomic E-state index is -0.0709. The molecule has 0 radical (unpaired) electrons. The first-order chi connectivity index (χ1) is 14.5. The molecule has 1 saturated heterocycles. The topological polar surface area (TPSA) is 70.9 Å². The summed E-state index contributed by atoms with van der Waals surface area (Å²) in [6.45, 7) is 7.01. The lowest BCUT2D eigenvalue weighted by molar-refractivity contribution is -0.143. The zero-order valence-corrected chi connectivity index (χ0v) is 18.9. The molecule has 0 aromatic rings. The monoisotopic (exact) mass is 416 g/mol. The Morgan fingerprint density at radius 1 is 1.13 bits per heavy atom. The lowest BCUT2D eigenvalue weighted by Gasteiger charge is -2.62. The SMILES string of the molecule is C[C@]12CCC(=NO[C@@H]3CCNC3)CC1[C@@H](CCO)C[C@@H]1[C@@H]2CC[C@]2(C)C(=O)CC[C@@H]12. The van der Waals surface area contributed by atoms with Gasteiger partial charge < -0.3 is 15.3 Å². The molecule has 1 aliphatic heterocycles. The number of nitrogens with one attached hydrogen (secondary N) is 1. The lowest BCUT2D eigenvalue weighted by Crippen LogP contribution is -2.56. The fourth-order valence-corrected chi connectivity index (χ4v) is 8.51. The number of aliphatic hydroxyl groups excluding tert-OH is 1. The summed E-state index contributed by atoms with van der Waals surface area (Å²) in [6, 6.07) is 0. The number of fused-ring (bicyclic) bond motifs is 5. The molecular formula is C25H40N2O3. The van der Waals surface area contributed by atoms with Crippen LogP contribution >= 0.6 is 0 Å². The molecule has 1 heterocycles. The highest BCUT2D eigenvalue weighted by molar-refractivity contribution is 5.87. The van der Waals surface area contributed by atoms with Gasteiger partial charge in [-0.1, -0.05) is 19.0 Å². The summed E-state index contributed by atoms with van der Waals surface area (Å²) in [5.41, 5.74) is 1.48. The van der Waals surface area contributed by atoms with E-state index in [4.69, 9.17) is 4.84 Å². The van der Waals surface area contributed by atoms with Crippen molar-refractivity contribution < 1.29 is 14.7 Å². The summed E-state index contributed by atoms with van der Waals surface area (Å²) in [7, 11) is 0. The number of hydrogen-bond acceptors (Lipinski definition) is 5.